The van der Waals surface area contributed by atoms with Crippen molar-refractivity contribution in [2.24, 2.45) is 5.92 Å². The van der Waals surface area contributed by atoms with E-state index in [9.17, 15) is 13.6 Å². The number of amides is 1. The monoisotopic (exact) mass is 421 g/mol. The first-order valence-corrected chi connectivity index (χ1v) is 10.3. The molecule has 5 rings (SSSR count). The van der Waals surface area contributed by atoms with E-state index in [1.54, 1.807) is 11.1 Å². The first kappa shape index (κ1) is 19.4. The summed E-state index contributed by atoms with van der Waals surface area (Å²) in [5, 5.41) is 12.4. The number of carbonyl (C=O) groups excluding carboxylic acids is 1. The Morgan fingerprint density at radius 1 is 1.10 bits per heavy atom. The minimum Gasteiger partial charge on any atom is -0.339 e. The summed E-state index contributed by atoms with van der Waals surface area (Å²) in [6.07, 6.45) is 7.09. The third-order valence-corrected chi connectivity index (χ3v) is 5.99. The maximum absolute atomic E-state index is 14.0. The highest BCUT2D eigenvalue weighted by Gasteiger charge is 2.26. The first-order chi connectivity index (χ1) is 15.1. The molecule has 0 atom stereocenters. The van der Waals surface area contributed by atoms with E-state index in [0.717, 1.165) is 47.5 Å². The highest BCUT2D eigenvalue weighted by Crippen LogP contribution is 2.26. The molecule has 158 valence electrons. The number of halogens is 2. The normalized spacial score (nSPS) is 15.0. The summed E-state index contributed by atoms with van der Waals surface area (Å²) in [6.45, 7) is 1.79. The SMILES string of the molecule is O=C(c1cccc(F)c1F)N1CCC(Cn2ncc3cc(-c4cn[nH]c4)ccc32)CC1. The Hall–Kier alpha value is -3.55. The van der Waals surface area contributed by atoms with Gasteiger partial charge in [-0.25, -0.2) is 8.78 Å². The molecule has 2 aromatic heterocycles. The van der Waals surface area contributed by atoms with E-state index in [-0.39, 0.29) is 5.56 Å². The zero-order chi connectivity index (χ0) is 21.4. The molecule has 0 aliphatic carbocycles. The number of carbonyl (C=O) groups is 1. The molecule has 0 spiro atoms. The van der Waals surface area contributed by atoms with Crippen LogP contribution in [0.4, 0.5) is 8.78 Å². The number of aromatic amines is 1. The number of hydrogen-bond acceptors (Lipinski definition) is 3. The lowest BCUT2D eigenvalue weighted by Crippen LogP contribution is -2.39. The molecule has 1 fully saturated rings. The number of nitrogens with zero attached hydrogens (tertiary/aromatic N) is 4. The van der Waals surface area contributed by atoms with Crippen molar-refractivity contribution in [2.75, 3.05) is 13.1 Å². The summed E-state index contributed by atoms with van der Waals surface area (Å²) >= 11 is 0. The van der Waals surface area contributed by atoms with Gasteiger partial charge >= 0.3 is 0 Å². The molecule has 6 nitrogen and oxygen atoms in total. The van der Waals surface area contributed by atoms with Crippen molar-refractivity contribution >= 4 is 16.8 Å². The maximum atomic E-state index is 14.0. The van der Waals surface area contributed by atoms with Gasteiger partial charge in [-0.3, -0.25) is 14.6 Å². The molecule has 8 heteroatoms. The standard InChI is InChI=1S/C23H21F2N5O/c24-20-3-1-2-19(22(20)25)23(31)29-8-6-15(7-9-29)14-30-21-5-4-16(10-17(21)13-28-30)18-11-26-27-12-18/h1-5,10-13,15H,6-9,14H2,(H,26,27). The van der Waals surface area contributed by atoms with Crippen LogP contribution in [0.2, 0.25) is 0 Å². The van der Waals surface area contributed by atoms with Crippen LogP contribution in [0.5, 0.6) is 0 Å². The fourth-order valence-corrected chi connectivity index (χ4v) is 4.22. The molecule has 1 aliphatic heterocycles. The van der Waals surface area contributed by atoms with Gasteiger partial charge in [0.2, 0.25) is 0 Å². The fourth-order valence-electron chi connectivity index (χ4n) is 4.22. The van der Waals surface area contributed by atoms with Crippen molar-refractivity contribution < 1.29 is 13.6 Å². The number of likely N-dealkylation sites (tertiary alicyclic amines) is 1. The third-order valence-electron chi connectivity index (χ3n) is 5.99. The second-order valence-electron chi connectivity index (χ2n) is 7.92. The van der Waals surface area contributed by atoms with Crippen LogP contribution >= 0.6 is 0 Å². The Labute approximate surface area is 177 Å². The van der Waals surface area contributed by atoms with Crippen molar-refractivity contribution in [1.29, 1.82) is 0 Å². The molecule has 0 unspecified atom stereocenters. The Kier molecular flexibility index (Phi) is 4.97. The van der Waals surface area contributed by atoms with E-state index in [0.29, 0.717) is 19.0 Å². The van der Waals surface area contributed by atoms with Gasteiger partial charge in [0.25, 0.3) is 5.91 Å². The van der Waals surface area contributed by atoms with Crippen LogP contribution in [0.15, 0.2) is 55.0 Å². The number of nitrogens with one attached hydrogen (secondary N) is 1. The molecule has 2 aromatic carbocycles. The van der Waals surface area contributed by atoms with E-state index < -0.39 is 17.5 Å². The molecule has 1 aliphatic rings. The smallest absolute Gasteiger partial charge is 0.256 e. The Morgan fingerprint density at radius 3 is 2.71 bits per heavy atom. The van der Waals surface area contributed by atoms with Crippen LogP contribution in [-0.2, 0) is 6.54 Å². The highest BCUT2D eigenvalue weighted by atomic mass is 19.2. The number of benzene rings is 2. The summed E-state index contributed by atoms with van der Waals surface area (Å²) < 4.78 is 29.4. The number of aromatic nitrogens is 4. The average Bonchev–Trinajstić information content (AvgIpc) is 3.46. The van der Waals surface area contributed by atoms with Crippen molar-refractivity contribution in [3.63, 3.8) is 0 Å². The van der Waals surface area contributed by atoms with Gasteiger partial charge in [0.1, 0.15) is 0 Å². The van der Waals surface area contributed by atoms with Crippen molar-refractivity contribution in [2.45, 2.75) is 19.4 Å². The molecular weight excluding hydrogens is 400 g/mol. The zero-order valence-electron chi connectivity index (χ0n) is 16.8. The quantitative estimate of drug-likeness (QED) is 0.536. The molecule has 0 bridgehead atoms. The first-order valence-electron chi connectivity index (χ1n) is 10.3. The summed E-state index contributed by atoms with van der Waals surface area (Å²) in [6, 6.07) is 9.93. The zero-order valence-corrected chi connectivity index (χ0v) is 16.8. The van der Waals surface area contributed by atoms with Gasteiger partial charge in [-0.2, -0.15) is 10.2 Å². The number of fused-ring (bicyclic) bond motifs is 1. The topological polar surface area (TPSA) is 66.8 Å². The maximum Gasteiger partial charge on any atom is 0.256 e. The highest BCUT2D eigenvalue weighted by molar-refractivity contribution is 5.94. The van der Waals surface area contributed by atoms with Crippen LogP contribution < -0.4 is 0 Å². The fraction of sp³-hybridized carbons (Fsp3) is 0.261. The predicted octanol–water partition coefficient (Wildman–Crippen LogP) is 4.26. The van der Waals surface area contributed by atoms with Gasteiger partial charge < -0.3 is 4.90 Å². The Bertz CT molecular complexity index is 1230. The van der Waals surface area contributed by atoms with Gasteiger partial charge in [-0.15, -0.1) is 0 Å². The second-order valence-corrected chi connectivity index (χ2v) is 7.92. The molecule has 0 radical (unpaired) electrons. The number of hydrogen-bond donors (Lipinski definition) is 1. The lowest BCUT2D eigenvalue weighted by atomic mass is 9.96. The number of rotatable bonds is 4. The van der Waals surface area contributed by atoms with Gasteiger partial charge in [0.05, 0.1) is 23.5 Å². The van der Waals surface area contributed by atoms with Gasteiger partial charge in [-0.05, 0) is 48.6 Å². The molecule has 1 N–H and O–H groups in total. The van der Waals surface area contributed by atoms with Gasteiger partial charge in [0.15, 0.2) is 11.6 Å². The molecule has 0 saturated carbocycles. The summed E-state index contributed by atoms with van der Waals surface area (Å²) in [5.74, 6) is -2.17. The van der Waals surface area contributed by atoms with Crippen molar-refractivity contribution in [3.8, 4) is 11.1 Å². The third kappa shape index (κ3) is 3.69. The molecule has 4 aromatic rings. The molecular formula is C23H21F2N5O. The van der Waals surface area contributed by atoms with Crippen LogP contribution in [0.3, 0.4) is 0 Å². The minimum atomic E-state index is -1.08. The number of piperidine rings is 1. The van der Waals surface area contributed by atoms with E-state index in [2.05, 4.69) is 33.5 Å². The van der Waals surface area contributed by atoms with Crippen molar-refractivity contribution in [1.82, 2.24) is 24.9 Å². The number of H-pyrrole nitrogens is 1. The Morgan fingerprint density at radius 2 is 1.94 bits per heavy atom. The largest absolute Gasteiger partial charge is 0.339 e. The summed E-state index contributed by atoms with van der Waals surface area (Å²) in [7, 11) is 0. The van der Waals surface area contributed by atoms with E-state index in [4.69, 9.17) is 0 Å². The second kappa shape index (κ2) is 7.94. The molecule has 1 saturated heterocycles. The Balaban J connectivity index is 1.25. The summed E-state index contributed by atoms with van der Waals surface area (Å²) in [4.78, 5) is 14.2. The van der Waals surface area contributed by atoms with Crippen LogP contribution in [0, 0.1) is 17.6 Å². The minimum absolute atomic E-state index is 0.204. The van der Waals surface area contributed by atoms with E-state index in [1.807, 2.05) is 17.1 Å². The van der Waals surface area contributed by atoms with E-state index >= 15 is 0 Å². The van der Waals surface area contributed by atoms with Crippen LogP contribution in [0.25, 0.3) is 22.0 Å². The molecule has 31 heavy (non-hydrogen) atoms. The lowest BCUT2D eigenvalue weighted by molar-refractivity contribution is 0.0676. The molecule has 3 heterocycles. The van der Waals surface area contributed by atoms with E-state index in [1.165, 1.54) is 12.1 Å². The predicted molar refractivity (Wildman–Crippen MR) is 112 cm³/mol. The van der Waals surface area contributed by atoms with Gasteiger partial charge in [0, 0.05) is 36.8 Å². The average molecular weight is 421 g/mol. The van der Waals surface area contributed by atoms with Crippen molar-refractivity contribution in [3.05, 3.63) is 72.2 Å². The van der Waals surface area contributed by atoms with Crippen LogP contribution in [-0.4, -0.2) is 43.9 Å². The summed E-state index contributed by atoms with van der Waals surface area (Å²) in [5.41, 5.74) is 2.97. The van der Waals surface area contributed by atoms with Gasteiger partial charge in [-0.1, -0.05) is 12.1 Å². The molecule has 1 amide bonds. The lowest BCUT2D eigenvalue weighted by Gasteiger charge is -2.32. The van der Waals surface area contributed by atoms with Crippen LogP contribution in [0.1, 0.15) is 23.2 Å².